The first-order chi connectivity index (χ1) is 13.4. The van der Waals surface area contributed by atoms with E-state index in [9.17, 15) is 19.2 Å². The van der Waals surface area contributed by atoms with Gasteiger partial charge in [-0.15, -0.1) is 11.6 Å². The van der Waals surface area contributed by atoms with Gasteiger partial charge in [0, 0.05) is 12.5 Å². The average Bonchev–Trinajstić information content (AvgIpc) is 2.58. The zero-order valence-electron chi connectivity index (χ0n) is 18.4. The van der Waals surface area contributed by atoms with Crippen molar-refractivity contribution >= 4 is 35.3 Å². The number of alkyl halides is 1. The number of hydrogen-bond donors (Lipinski definition) is 3. The van der Waals surface area contributed by atoms with E-state index in [1.807, 2.05) is 0 Å². The fourth-order valence-corrected chi connectivity index (χ4v) is 2.61. The maximum absolute atomic E-state index is 12.0. The van der Waals surface area contributed by atoms with E-state index in [0.717, 1.165) is 12.3 Å². The Morgan fingerprint density at radius 1 is 1.24 bits per heavy atom. The molecular weight excluding hydrogens is 398 g/mol. The summed E-state index contributed by atoms with van der Waals surface area (Å²) in [4.78, 5) is 47.3. The first-order valence-corrected chi connectivity index (χ1v) is 10.5. The molecule has 0 aliphatic carbocycles. The normalized spacial score (nSPS) is 17.4. The number of alkyl carbamates (subject to hydrolysis) is 1. The Kier molecular flexibility index (Phi) is 12.6. The molecule has 168 valence electrons. The second-order valence-corrected chi connectivity index (χ2v) is 8.94. The summed E-state index contributed by atoms with van der Waals surface area (Å²) in [6.07, 6.45) is 0.945. The van der Waals surface area contributed by atoms with Crippen LogP contribution in [0.2, 0.25) is 0 Å². The fourth-order valence-electron chi connectivity index (χ4n) is 2.42. The molecular formula is C20H36ClN3O5. The molecule has 0 radical (unpaired) electrons. The third-order valence-electron chi connectivity index (χ3n) is 3.57. The molecule has 1 rings (SSSR count). The number of rotatable bonds is 7. The monoisotopic (exact) mass is 433 g/mol. The van der Waals surface area contributed by atoms with Crippen molar-refractivity contribution in [2.75, 3.05) is 19.0 Å². The number of carbonyl (C=O) groups is 4. The zero-order chi connectivity index (χ0) is 22.6. The number of piperidine rings is 1. The minimum absolute atomic E-state index is 0.125. The largest absolute Gasteiger partial charge is 0.444 e. The molecule has 8 nitrogen and oxygen atoms in total. The van der Waals surface area contributed by atoms with Gasteiger partial charge >= 0.3 is 6.09 Å². The molecule has 1 aliphatic heterocycles. The number of hydrogen-bond acceptors (Lipinski definition) is 5. The summed E-state index contributed by atoms with van der Waals surface area (Å²) in [6, 6.07) is -0.862. The van der Waals surface area contributed by atoms with E-state index < -0.39 is 23.6 Å². The van der Waals surface area contributed by atoms with Crippen LogP contribution in [-0.4, -0.2) is 54.3 Å². The Morgan fingerprint density at radius 3 is 2.31 bits per heavy atom. The Balaban J connectivity index is 0.00000178. The van der Waals surface area contributed by atoms with Crippen molar-refractivity contribution < 1.29 is 23.9 Å². The zero-order valence-corrected chi connectivity index (χ0v) is 19.1. The second-order valence-electron chi connectivity index (χ2n) is 8.67. The van der Waals surface area contributed by atoms with E-state index in [0.29, 0.717) is 13.0 Å². The van der Waals surface area contributed by atoms with Crippen molar-refractivity contribution in [1.82, 2.24) is 16.0 Å². The van der Waals surface area contributed by atoms with Crippen molar-refractivity contribution in [3.63, 3.8) is 0 Å². The molecule has 3 amide bonds. The van der Waals surface area contributed by atoms with Crippen LogP contribution in [0.1, 0.15) is 60.8 Å². The fraction of sp³-hybridized carbons (Fsp3) is 0.800. The number of carbonyl (C=O) groups excluding carboxylic acids is 4. The van der Waals surface area contributed by atoms with Crippen LogP contribution in [0, 0.1) is 11.8 Å². The van der Waals surface area contributed by atoms with Crippen LogP contribution in [0.15, 0.2) is 0 Å². The van der Waals surface area contributed by atoms with Crippen LogP contribution in [-0.2, 0) is 19.1 Å². The van der Waals surface area contributed by atoms with Gasteiger partial charge in [0.15, 0.2) is 5.78 Å². The van der Waals surface area contributed by atoms with Gasteiger partial charge in [0.2, 0.25) is 11.8 Å². The summed E-state index contributed by atoms with van der Waals surface area (Å²) < 4.78 is 5.03. The number of halogens is 1. The average molecular weight is 434 g/mol. The number of Topliss-reactive ketones (excluding diaryl/α,β-unsaturated/α-hetero) is 1. The molecule has 0 aromatic carbocycles. The molecule has 0 bridgehead atoms. The van der Waals surface area contributed by atoms with Gasteiger partial charge in [0.1, 0.15) is 12.1 Å². The van der Waals surface area contributed by atoms with Crippen LogP contribution >= 0.6 is 11.6 Å². The third kappa shape index (κ3) is 13.9. The molecule has 3 N–H and O–H groups in total. The van der Waals surface area contributed by atoms with Crippen molar-refractivity contribution in [1.29, 1.82) is 0 Å². The molecule has 0 aromatic heterocycles. The lowest BCUT2D eigenvalue weighted by atomic mass is 9.90. The third-order valence-corrected chi connectivity index (χ3v) is 3.83. The minimum Gasteiger partial charge on any atom is -0.444 e. The van der Waals surface area contributed by atoms with Gasteiger partial charge in [-0.1, -0.05) is 20.8 Å². The Bertz CT molecular complexity index is 558. The number of ketones is 1. The van der Waals surface area contributed by atoms with E-state index in [1.54, 1.807) is 20.8 Å². The van der Waals surface area contributed by atoms with Crippen LogP contribution in [0.5, 0.6) is 0 Å². The van der Waals surface area contributed by atoms with Crippen LogP contribution in [0.3, 0.4) is 0 Å². The van der Waals surface area contributed by atoms with Crippen LogP contribution in [0.25, 0.3) is 0 Å². The molecule has 1 saturated heterocycles. The highest BCUT2D eigenvalue weighted by Gasteiger charge is 2.29. The standard InChI is InChI=1S/C16H26ClN3O5.C4H10/c1-16(2,3)25-15(24)19-9-13(22)20-11(12(21)8-17)7-10-5-4-6-18-14(10)23;1-4(2)3/h10-11H,4-9H2,1-3H3,(H,18,23)(H,19,24)(H,20,22);4H,1-3H3/t10-,11?;/m0./s1. The first-order valence-electron chi connectivity index (χ1n) is 9.98. The van der Waals surface area contributed by atoms with Gasteiger partial charge in [-0.05, 0) is 46.0 Å². The topological polar surface area (TPSA) is 114 Å². The molecule has 0 saturated carbocycles. The van der Waals surface area contributed by atoms with E-state index in [2.05, 4.69) is 36.7 Å². The highest BCUT2D eigenvalue weighted by molar-refractivity contribution is 6.28. The summed E-state index contributed by atoms with van der Waals surface area (Å²) in [7, 11) is 0. The summed E-state index contributed by atoms with van der Waals surface area (Å²) in [5.74, 6) is -0.820. The lowest BCUT2D eigenvalue weighted by Crippen LogP contribution is -2.49. The molecule has 1 aliphatic rings. The summed E-state index contributed by atoms with van der Waals surface area (Å²) in [6.45, 7) is 11.9. The summed E-state index contributed by atoms with van der Waals surface area (Å²) in [5, 5.41) is 7.59. The molecule has 9 heteroatoms. The molecule has 29 heavy (non-hydrogen) atoms. The SMILES string of the molecule is CC(C)(C)OC(=O)NCC(=O)NC(C[C@@H]1CCCNC1=O)C(=O)CCl.CC(C)C. The van der Waals surface area contributed by atoms with Crippen molar-refractivity contribution in [3.05, 3.63) is 0 Å². The molecule has 2 atom stereocenters. The van der Waals surface area contributed by atoms with Gasteiger partial charge in [-0.2, -0.15) is 0 Å². The second kappa shape index (κ2) is 13.4. The quantitative estimate of drug-likeness (QED) is 0.533. The number of nitrogens with one attached hydrogen (secondary N) is 3. The first kappa shape index (κ1) is 27.2. The lowest BCUT2D eigenvalue weighted by Gasteiger charge is -2.26. The number of amides is 3. The predicted octanol–water partition coefficient (Wildman–Crippen LogP) is 2.38. The van der Waals surface area contributed by atoms with Gasteiger partial charge in [0.25, 0.3) is 0 Å². The van der Waals surface area contributed by atoms with Gasteiger partial charge in [0.05, 0.1) is 11.9 Å². The van der Waals surface area contributed by atoms with Crippen molar-refractivity contribution in [3.8, 4) is 0 Å². The molecule has 0 aromatic rings. The summed E-state index contributed by atoms with van der Waals surface area (Å²) >= 11 is 5.59. The Morgan fingerprint density at radius 2 is 1.83 bits per heavy atom. The highest BCUT2D eigenvalue weighted by Crippen LogP contribution is 2.18. The van der Waals surface area contributed by atoms with Crippen LogP contribution < -0.4 is 16.0 Å². The molecule has 1 heterocycles. The van der Waals surface area contributed by atoms with Gasteiger partial charge in [-0.3, -0.25) is 14.4 Å². The highest BCUT2D eigenvalue weighted by atomic mass is 35.5. The van der Waals surface area contributed by atoms with E-state index in [-0.39, 0.29) is 36.5 Å². The van der Waals surface area contributed by atoms with Crippen molar-refractivity contribution in [2.45, 2.75) is 72.4 Å². The number of ether oxygens (including phenoxy) is 1. The molecule has 1 fully saturated rings. The molecule has 0 spiro atoms. The predicted molar refractivity (Wildman–Crippen MR) is 113 cm³/mol. The maximum Gasteiger partial charge on any atom is 0.408 e. The lowest BCUT2D eigenvalue weighted by molar-refractivity contribution is -0.130. The summed E-state index contributed by atoms with van der Waals surface area (Å²) in [5.41, 5.74) is -0.675. The Hall–Kier alpha value is -1.83. The smallest absolute Gasteiger partial charge is 0.408 e. The van der Waals surface area contributed by atoms with Crippen molar-refractivity contribution in [2.24, 2.45) is 11.8 Å². The Labute approximate surface area is 178 Å². The minimum atomic E-state index is -0.862. The molecule has 1 unspecified atom stereocenters. The maximum atomic E-state index is 12.0. The van der Waals surface area contributed by atoms with E-state index in [1.165, 1.54) is 0 Å². The van der Waals surface area contributed by atoms with E-state index >= 15 is 0 Å². The van der Waals surface area contributed by atoms with Gasteiger partial charge < -0.3 is 20.7 Å². The van der Waals surface area contributed by atoms with E-state index in [4.69, 9.17) is 16.3 Å². The van der Waals surface area contributed by atoms with Crippen LogP contribution in [0.4, 0.5) is 4.79 Å². The van der Waals surface area contributed by atoms with Gasteiger partial charge in [-0.25, -0.2) is 4.79 Å².